The first kappa shape index (κ1) is 18.3. The van der Waals surface area contributed by atoms with Gasteiger partial charge in [-0.1, -0.05) is 23.7 Å². The molecule has 0 aliphatic rings. The standard InChI is InChI=1S/C16H16ClNO3.ClH/c1-21-15-7-6-14(17)8-13(15)10-18-9-11-2-4-12(5-3-11)16(19)20;/h2-8,18H,9-10H2,1H3,(H,19,20);1H. The van der Waals surface area contributed by atoms with Crippen molar-refractivity contribution in [1.82, 2.24) is 0 Å². The molecule has 2 rings (SSSR count). The lowest BCUT2D eigenvalue weighted by Crippen LogP contribution is -3.00. The van der Waals surface area contributed by atoms with Gasteiger partial charge in [-0.25, -0.2) is 4.79 Å². The highest BCUT2D eigenvalue weighted by Gasteiger charge is 2.07. The molecule has 0 unspecified atom stereocenters. The minimum absolute atomic E-state index is 0. The average molecular weight is 342 g/mol. The van der Waals surface area contributed by atoms with Crippen molar-refractivity contribution in [3.8, 4) is 5.75 Å². The average Bonchev–Trinajstić information content (AvgIpc) is 2.48. The molecular weight excluding hydrogens is 325 g/mol. The summed E-state index contributed by atoms with van der Waals surface area (Å²) in [4.78, 5) is 10.8. The van der Waals surface area contributed by atoms with Crippen molar-refractivity contribution in [3.05, 3.63) is 64.2 Å². The van der Waals surface area contributed by atoms with E-state index >= 15 is 0 Å². The normalized spacial score (nSPS) is 9.91. The monoisotopic (exact) mass is 341 g/mol. The molecule has 0 heterocycles. The summed E-state index contributed by atoms with van der Waals surface area (Å²) in [6, 6.07) is 12.4. The van der Waals surface area contributed by atoms with Gasteiger partial charge < -0.3 is 27.6 Å². The van der Waals surface area contributed by atoms with Gasteiger partial charge in [0.25, 0.3) is 0 Å². The third kappa shape index (κ3) is 4.91. The largest absolute Gasteiger partial charge is 1.00 e. The fourth-order valence-corrected chi connectivity index (χ4v) is 2.28. The minimum Gasteiger partial charge on any atom is -1.00 e. The van der Waals surface area contributed by atoms with Gasteiger partial charge in [0, 0.05) is 16.1 Å². The summed E-state index contributed by atoms with van der Waals surface area (Å²) in [6.07, 6.45) is 0. The first-order valence-corrected chi connectivity index (χ1v) is 6.94. The quantitative estimate of drug-likeness (QED) is 0.731. The summed E-state index contributed by atoms with van der Waals surface area (Å²) < 4.78 is 5.30. The number of carboxylic acids is 1. The second kappa shape index (κ2) is 8.63. The Morgan fingerprint density at radius 2 is 1.86 bits per heavy atom. The van der Waals surface area contributed by atoms with Crippen LogP contribution in [0.15, 0.2) is 42.5 Å². The number of halogens is 2. The number of carbonyl (C=O) groups is 1. The van der Waals surface area contributed by atoms with E-state index in [2.05, 4.69) is 5.32 Å². The van der Waals surface area contributed by atoms with Gasteiger partial charge in [0.05, 0.1) is 12.7 Å². The van der Waals surface area contributed by atoms with Gasteiger partial charge in [0.2, 0.25) is 0 Å². The molecule has 0 spiro atoms. The fraction of sp³-hybridized carbons (Fsp3) is 0.188. The second-order valence-electron chi connectivity index (χ2n) is 4.66. The molecule has 22 heavy (non-hydrogen) atoms. The Hall–Kier alpha value is -1.75. The van der Waals surface area contributed by atoms with Crippen LogP contribution in [0.5, 0.6) is 5.75 Å². The van der Waals surface area contributed by atoms with Crippen molar-refractivity contribution in [3.63, 3.8) is 0 Å². The van der Waals surface area contributed by atoms with E-state index in [-0.39, 0.29) is 12.4 Å². The van der Waals surface area contributed by atoms with E-state index in [0.717, 1.165) is 30.0 Å². The number of rotatable bonds is 6. The van der Waals surface area contributed by atoms with Gasteiger partial charge in [0.15, 0.2) is 0 Å². The summed E-state index contributed by atoms with van der Waals surface area (Å²) in [7, 11) is 1.64. The van der Waals surface area contributed by atoms with Crippen LogP contribution in [0.3, 0.4) is 0 Å². The molecule has 4 nitrogen and oxygen atoms in total. The summed E-state index contributed by atoms with van der Waals surface area (Å²) in [6.45, 7) is 1.50. The molecule has 0 saturated heterocycles. The van der Waals surface area contributed by atoms with E-state index in [0.29, 0.717) is 10.6 Å². The number of carboxylic acid groups (broad SMARTS) is 1. The maximum absolute atomic E-state index is 10.8. The molecule has 0 atom stereocenters. The van der Waals surface area contributed by atoms with Crippen LogP contribution in [0, 0.1) is 0 Å². The van der Waals surface area contributed by atoms with Gasteiger partial charge in [-0.05, 0) is 30.3 Å². The van der Waals surface area contributed by atoms with Crippen LogP contribution in [-0.2, 0) is 13.1 Å². The van der Waals surface area contributed by atoms with Gasteiger partial charge >= 0.3 is 5.97 Å². The van der Waals surface area contributed by atoms with Crippen LogP contribution in [0.4, 0.5) is 0 Å². The Morgan fingerprint density at radius 1 is 1.18 bits per heavy atom. The highest BCUT2D eigenvalue weighted by atomic mass is 35.5. The molecule has 2 aromatic rings. The fourth-order valence-electron chi connectivity index (χ4n) is 2.08. The molecule has 3 N–H and O–H groups in total. The van der Waals surface area contributed by atoms with Crippen molar-refractivity contribution in [2.24, 2.45) is 0 Å². The van der Waals surface area contributed by atoms with E-state index in [1.165, 1.54) is 0 Å². The number of methoxy groups -OCH3 is 1. The van der Waals surface area contributed by atoms with Gasteiger partial charge in [-0.2, -0.15) is 0 Å². The number of hydrogen-bond acceptors (Lipinski definition) is 2. The maximum atomic E-state index is 10.8. The Bertz CT molecular complexity index is 630. The number of hydrogen-bond donors (Lipinski definition) is 2. The molecule has 0 saturated carbocycles. The molecule has 0 aliphatic heterocycles. The SMILES string of the molecule is COc1ccc(Cl)cc1C[NH2+]Cc1ccc(C(=O)O)cc1.[Cl-]. The summed E-state index contributed by atoms with van der Waals surface area (Å²) in [5.41, 5.74) is 2.41. The van der Waals surface area contributed by atoms with Crippen molar-refractivity contribution < 1.29 is 32.4 Å². The van der Waals surface area contributed by atoms with Gasteiger partial charge in [-0.3, -0.25) is 0 Å². The van der Waals surface area contributed by atoms with E-state index in [4.69, 9.17) is 21.4 Å². The molecule has 0 radical (unpaired) electrons. The topological polar surface area (TPSA) is 63.1 Å². The molecular formula is C16H17Cl2NO3. The van der Waals surface area contributed by atoms with Crippen molar-refractivity contribution in [2.45, 2.75) is 13.1 Å². The summed E-state index contributed by atoms with van der Waals surface area (Å²) in [5.74, 6) is -0.0916. The first-order valence-electron chi connectivity index (χ1n) is 6.56. The number of benzene rings is 2. The Balaban J connectivity index is 0.00000242. The lowest BCUT2D eigenvalue weighted by Gasteiger charge is -2.08. The number of ether oxygens (including phenoxy) is 1. The van der Waals surface area contributed by atoms with Crippen LogP contribution in [-0.4, -0.2) is 18.2 Å². The minimum atomic E-state index is -0.908. The predicted molar refractivity (Wildman–Crippen MR) is 80.7 cm³/mol. The molecule has 0 amide bonds. The molecule has 0 aromatic heterocycles. The first-order chi connectivity index (χ1) is 10.1. The highest BCUT2D eigenvalue weighted by Crippen LogP contribution is 2.21. The third-order valence-corrected chi connectivity index (χ3v) is 3.42. The Kier molecular flexibility index (Phi) is 7.18. The summed E-state index contributed by atoms with van der Waals surface area (Å²) in [5, 5.41) is 11.7. The lowest BCUT2D eigenvalue weighted by molar-refractivity contribution is -0.686. The molecule has 118 valence electrons. The predicted octanol–water partition coefficient (Wildman–Crippen LogP) is -0.686. The van der Waals surface area contributed by atoms with E-state index in [1.807, 2.05) is 24.3 Å². The van der Waals surface area contributed by atoms with Crippen LogP contribution in [0.25, 0.3) is 0 Å². The second-order valence-corrected chi connectivity index (χ2v) is 5.09. The molecule has 0 bridgehead atoms. The molecule has 0 aliphatic carbocycles. The Labute approximate surface area is 140 Å². The molecule has 0 fully saturated rings. The van der Waals surface area contributed by atoms with Gasteiger partial charge in [-0.15, -0.1) is 0 Å². The zero-order chi connectivity index (χ0) is 15.2. The number of aromatic carboxylic acids is 1. The van der Waals surface area contributed by atoms with Crippen molar-refractivity contribution in [1.29, 1.82) is 0 Å². The third-order valence-electron chi connectivity index (χ3n) is 3.19. The highest BCUT2D eigenvalue weighted by molar-refractivity contribution is 6.30. The van der Waals surface area contributed by atoms with Crippen molar-refractivity contribution >= 4 is 17.6 Å². The lowest BCUT2D eigenvalue weighted by atomic mass is 10.1. The molecule has 2 aromatic carbocycles. The van der Waals surface area contributed by atoms with Crippen molar-refractivity contribution in [2.75, 3.05) is 7.11 Å². The van der Waals surface area contributed by atoms with Crippen LogP contribution in [0.2, 0.25) is 5.02 Å². The van der Waals surface area contributed by atoms with Crippen LogP contribution < -0.4 is 22.5 Å². The zero-order valence-electron chi connectivity index (χ0n) is 12.1. The van der Waals surface area contributed by atoms with E-state index < -0.39 is 5.97 Å². The summed E-state index contributed by atoms with van der Waals surface area (Å²) >= 11 is 5.99. The van der Waals surface area contributed by atoms with E-state index in [9.17, 15) is 4.79 Å². The molecule has 6 heteroatoms. The number of quaternary nitrogens is 1. The van der Waals surface area contributed by atoms with Gasteiger partial charge in [0.1, 0.15) is 18.8 Å². The van der Waals surface area contributed by atoms with E-state index in [1.54, 1.807) is 25.3 Å². The maximum Gasteiger partial charge on any atom is 0.335 e. The van der Waals surface area contributed by atoms with Crippen LogP contribution >= 0.6 is 11.6 Å². The van der Waals surface area contributed by atoms with Crippen LogP contribution in [0.1, 0.15) is 21.5 Å². The number of nitrogens with two attached hydrogens (primary N) is 1. The smallest absolute Gasteiger partial charge is 0.335 e. The zero-order valence-corrected chi connectivity index (χ0v) is 13.6. The Morgan fingerprint density at radius 3 is 2.45 bits per heavy atom.